The number of nitriles is 1. The van der Waals surface area contributed by atoms with Gasteiger partial charge in [-0.05, 0) is 49.2 Å². The highest BCUT2D eigenvalue weighted by Crippen LogP contribution is 2.18. The Morgan fingerprint density at radius 1 is 1.00 bits per heavy atom. The number of nitrogens with zero attached hydrogens (tertiary/aromatic N) is 4. The van der Waals surface area contributed by atoms with Crippen LogP contribution < -0.4 is 4.90 Å². The minimum Gasteiger partial charge on any atom is -0.341 e. The van der Waals surface area contributed by atoms with Gasteiger partial charge in [-0.3, -0.25) is 0 Å². The van der Waals surface area contributed by atoms with E-state index in [0.29, 0.717) is 0 Å². The van der Waals surface area contributed by atoms with Gasteiger partial charge in [0.05, 0.1) is 22.7 Å². The molecule has 4 rings (SSSR count). The first-order valence-electron chi connectivity index (χ1n) is 9.23. The average molecular weight is 345 g/mol. The third kappa shape index (κ3) is 3.71. The third-order valence-corrected chi connectivity index (χ3v) is 5.06. The summed E-state index contributed by atoms with van der Waals surface area (Å²) < 4.78 is 0. The Labute approximate surface area is 153 Å². The number of imidazole rings is 1. The van der Waals surface area contributed by atoms with E-state index in [1.165, 1.54) is 5.56 Å². The van der Waals surface area contributed by atoms with Gasteiger partial charge in [0.25, 0.3) is 0 Å². The van der Waals surface area contributed by atoms with Crippen molar-refractivity contribution < 1.29 is 0 Å². The molecule has 2 heterocycles. The highest BCUT2D eigenvalue weighted by Gasteiger charge is 2.17. The minimum atomic E-state index is 0.727. The van der Waals surface area contributed by atoms with Crippen LogP contribution >= 0.6 is 0 Å². The Bertz CT molecular complexity index is 873. The second kappa shape index (κ2) is 7.59. The zero-order chi connectivity index (χ0) is 17.8. The molecular formula is C21H23N5. The van der Waals surface area contributed by atoms with Crippen molar-refractivity contribution in [3.05, 3.63) is 59.7 Å². The number of H-pyrrole nitrogens is 1. The molecule has 5 nitrogen and oxygen atoms in total. The topological polar surface area (TPSA) is 59.0 Å². The number of aromatic nitrogens is 2. The van der Waals surface area contributed by atoms with Crippen LogP contribution in [0.3, 0.4) is 0 Å². The zero-order valence-corrected chi connectivity index (χ0v) is 14.9. The Balaban J connectivity index is 1.34. The molecular weight excluding hydrogens is 322 g/mol. The lowest BCUT2D eigenvalue weighted by molar-refractivity contribution is 0.297. The monoisotopic (exact) mass is 345 g/mol. The summed E-state index contributed by atoms with van der Waals surface area (Å²) in [5.74, 6) is 0.986. The van der Waals surface area contributed by atoms with Crippen LogP contribution in [-0.2, 0) is 6.42 Å². The summed E-state index contributed by atoms with van der Waals surface area (Å²) in [5, 5.41) is 8.89. The smallest absolute Gasteiger partial charge is 0.203 e. The Morgan fingerprint density at radius 3 is 2.65 bits per heavy atom. The maximum atomic E-state index is 8.89. The van der Waals surface area contributed by atoms with Gasteiger partial charge in [-0.25, -0.2) is 4.98 Å². The predicted octanol–water partition coefficient (Wildman–Crippen LogP) is 3.19. The van der Waals surface area contributed by atoms with E-state index in [-0.39, 0.29) is 0 Å². The lowest BCUT2D eigenvalue weighted by Gasteiger charge is -2.21. The average Bonchev–Trinajstić information content (AvgIpc) is 2.98. The van der Waals surface area contributed by atoms with Crippen LogP contribution in [0.4, 0.5) is 5.95 Å². The van der Waals surface area contributed by atoms with Gasteiger partial charge in [0.15, 0.2) is 0 Å². The van der Waals surface area contributed by atoms with Crippen molar-refractivity contribution >= 4 is 17.0 Å². The van der Waals surface area contributed by atoms with Crippen LogP contribution in [0, 0.1) is 11.3 Å². The van der Waals surface area contributed by atoms with Gasteiger partial charge in [-0.15, -0.1) is 0 Å². The van der Waals surface area contributed by atoms with E-state index in [9.17, 15) is 0 Å². The molecule has 132 valence electrons. The summed E-state index contributed by atoms with van der Waals surface area (Å²) in [6.45, 7) is 5.25. The van der Waals surface area contributed by atoms with E-state index in [1.54, 1.807) is 0 Å². The van der Waals surface area contributed by atoms with Crippen LogP contribution in [0.25, 0.3) is 11.0 Å². The number of aromatic amines is 1. The van der Waals surface area contributed by atoms with Crippen molar-refractivity contribution in [3.63, 3.8) is 0 Å². The van der Waals surface area contributed by atoms with E-state index in [0.717, 1.165) is 68.1 Å². The molecule has 0 saturated carbocycles. The van der Waals surface area contributed by atoms with Gasteiger partial charge in [-0.1, -0.05) is 24.3 Å². The molecule has 1 N–H and O–H groups in total. The third-order valence-electron chi connectivity index (χ3n) is 5.06. The standard InChI is InChI=1S/C21H23N5/c22-16-18-8-6-17(7-9-18)10-13-25-11-3-12-26(15-14-25)21-23-19-4-1-2-5-20(19)24-21/h1-2,4-9H,3,10-15H2,(H,23,24). The molecule has 1 aliphatic rings. The summed E-state index contributed by atoms with van der Waals surface area (Å²) in [4.78, 5) is 13.1. The van der Waals surface area contributed by atoms with E-state index in [1.807, 2.05) is 24.3 Å². The summed E-state index contributed by atoms with van der Waals surface area (Å²) in [5.41, 5.74) is 4.15. The van der Waals surface area contributed by atoms with Crippen molar-refractivity contribution in [1.82, 2.24) is 14.9 Å². The van der Waals surface area contributed by atoms with E-state index in [2.05, 4.69) is 45.1 Å². The van der Waals surface area contributed by atoms with Crippen molar-refractivity contribution in [3.8, 4) is 6.07 Å². The first kappa shape index (κ1) is 16.6. The second-order valence-corrected chi connectivity index (χ2v) is 6.82. The molecule has 0 atom stereocenters. The molecule has 26 heavy (non-hydrogen) atoms. The van der Waals surface area contributed by atoms with Crippen LogP contribution in [0.15, 0.2) is 48.5 Å². The number of nitrogens with one attached hydrogen (secondary N) is 1. The summed E-state index contributed by atoms with van der Waals surface area (Å²) in [6.07, 6.45) is 2.17. The normalized spacial score (nSPS) is 15.7. The lowest BCUT2D eigenvalue weighted by Crippen LogP contribution is -2.32. The van der Waals surface area contributed by atoms with Crippen molar-refractivity contribution in [2.24, 2.45) is 0 Å². The summed E-state index contributed by atoms with van der Waals surface area (Å²) in [7, 11) is 0. The fourth-order valence-corrected chi connectivity index (χ4v) is 3.53. The Morgan fingerprint density at radius 2 is 1.85 bits per heavy atom. The first-order chi connectivity index (χ1) is 12.8. The predicted molar refractivity (Wildman–Crippen MR) is 104 cm³/mol. The molecule has 0 unspecified atom stereocenters. The number of anilines is 1. The number of hydrogen-bond acceptors (Lipinski definition) is 4. The van der Waals surface area contributed by atoms with Crippen LogP contribution in [0.2, 0.25) is 0 Å². The van der Waals surface area contributed by atoms with E-state index < -0.39 is 0 Å². The molecule has 0 aliphatic carbocycles. The molecule has 0 radical (unpaired) electrons. The highest BCUT2D eigenvalue weighted by atomic mass is 15.3. The van der Waals surface area contributed by atoms with Crippen molar-refractivity contribution in [2.45, 2.75) is 12.8 Å². The zero-order valence-electron chi connectivity index (χ0n) is 14.9. The maximum absolute atomic E-state index is 8.89. The second-order valence-electron chi connectivity index (χ2n) is 6.82. The van der Waals surface area contributed by atoms with Gasteiger partial charge in [0.1, 0.15) is 0 Å². The van der Waals surface area contributed by atoms with E-state index in [4.69, 9.17) is 10.2 Å². The number of benzene rings is 2. The number of rotatable bonds is 4. The summed E-state index contributed by atoms with van der Waals surface area (Å²) >= 11 is 0. The molecule has 5 heteroatoms. The molecule has 0 spiro atoms. The van der Waals surface area contributed by atoms with Gasteiger partial charge in [0.2, 0.25) is 5.95 Å². The van der Waals surface area contributed by atoms with Crippen LogP contribution in [0.1, 0.15) is 17.5 Å². The molecule has 0 bridgehead atoms. The number of hydrogen-bond donors (Lipinski definition) is 1. The molecule has 1 aromatic heterocycles. The molecule has 1 fully saturated rings. The molecule has 2 aromatic carbocycles. The number of para-hydroxylation sites is 2. The largest absolute Gasteiger partial charge is 0.341 e. The molecule has 3 aromatic rings. The first-order valence-corrected chi connectivity index (χ1v) is 9.23. The van der Waals surface area contributed by atoms with Gasteiger partial charge in [0, 0.05) is 26.2 Å². The van der Waals surface area contributed by atoms with Gasteiger partial charge >= 0.3 is 0 Å². The van der Waals surface area contributed by atoms with Gasteiger partial charge in [-0.2, -0.15) is 5.26 Å². The maximum Gasteiger partial charge on any atom is 0.203 e. The highest BCUT2D eigenvalue weighted by molar-refractivity contribution is 5.77. The lowest BCUT2D eigenvalue weighted by atomic mass is 10.1. The van der Waals surface area contributed by atoms with Crippen molar-refractivity contribution in [2.75, 3.05) is 37.6 Å². The Hall–Kier alpha value is -2.84. The van der Waals surface area contributed by atoms with E-state index >= 15 is 0 Å². The SMILES string of the molecule is N#Cc1ccc(CCN2CCCN(c3nc4ccccc4[nH]3)CC2)cc1. The van der Waals surface area contributed by atoms with Gasteiger partial charge < -0.3 is 14.8 Å². The van der Waals surface area contributed by atoms with Crippen LogP contribution in [-0.4, -0.2) is 47.6 Å². The minimum absolute atomic E-state index is 0.727. The molecule has 0 amide bonds. The van der Waals surface area contributed by atoms with Crippen LogP contribution in [0.5, 0.6) is 0 Å². The fourth-order valence-electron chi connectivity index (χ4n) is 3.53. The number of fused-ring (bicyclic) bond motifs is 1. The summed E-state index contributed by atoms with van der Waals surface area (Å²) in [6, 6.07) is 18.3. The quantitative estimate of drug-likeness (QED) is 0.789. The molecule has 1 saturated heterocycles. The Kier molecular flexibility index (Phi) is 4.85. The van der Waals surface area contributed by atoms with Crippen molar-refractivity contribution in [1.29, 1.82) is 5.26 Å². The molecule has 1 aliphatic heterocycles. The fraction of sp³-hybridized carbons (Fsp3) is 0.333.